The summed E-state index contributed by atoms with van der Waals surface area (Å²) < 4.78 is 5.19. The first-order valence-electron chi connectivity index (χ1n) is 8.72. The molecule has 7 nitrogen and oxygen atoms in total. The topological polar surface area (TPSA) is 95.9 Å². The van der Waals surface area contributed by atoms with E-state index >= 15 is 0 Å². The van der Waals surface area contributed by atoms with Crippen molar-refractivity contribution in [2.24, 2.45) is 0 Å². The molecule has 1 aliphatic rings. The zero-order chi connectivity index (χ0) is 19.3. The smallest absolute Gasteiger partial charge is 0.407 e. The van der Waals surface area contributed by atoms with E-state index in [1.807, 2.05) is 30.3 Å². The van der Waals surface area contributed by atoms with Crippen molar-refractivity contribution in [3.63, 3.8) is 0 Å². The number of nitrogens with zero attached hydrogens (tertiary/aromatic N) is 1. The summed E-state index contributed by atoms with van der Waals surface area (Å²) in [5.41, 5.74) is 0.227. The number of rotatable bonds is 6. The molecule has 2 atom stereocenters. The van der Waals surface area contributed by atoms with Gasteiger partial charge in [0.05, 0.1) is 6.04 Å². The zero-order valence-corrected chi connectivity index (χ0v) is 15.4. The Morgan fingerprint density at radius 2 is 1.96 bits per heavy atom. The van der Waals surface area contributed by atoms with E-state index in [2.05, 4.69) is 5.32 Å². The number of hydrogen-bond acceptors (Lipinski definition) is 4. The van der Waals surface area contributed by atoms with Crippen molar-refractivity contribution in [2.75, 3.05) is 6.54 Å². The van der Waals surface area contributed by atoms with E-state index < -0.39 is 23.7 Å². The van der Waals surface area contributed by atoms with Gasteiger partial charge in [0, 0.05) is 19.4 Å². The number of alkyl carbamates (subject to hydrolysis) is 1. The summed E-state index contributed by atoms with van der Waals surface area (Å²) in [5, 5.41) is 12.3. The lowest BCUT2D eigenvalue weighted by atomic mass is 10.0. The lowest BCUT2D eigenvalue weighted by Crippen LogP contribution is -2.51. The summed E-state index contributed by atoms with van der Waals surface area (Å²) in [6, 6.07) is 7.88. The normalized spacial score (nSPS) is 18.5. The lowest BCUT2D eigenvalue weighted by Gasteiger charge is -2.31. The van der Waals surface area contributed by atoms with Gasteiger partial charge >= 0.3 is 12.1 Å². The summed E-state index contributed by atoms with van der Waals surface area (Å²) in [6.07, 6.45) is 0.434. The zero-order valence-electron chi connectivity index (χ0n) is 15.4. The highest BCUT2D eigenvalue weighted by Gasteiger charge is 2.39. The van der Waals surface area contributed by atoms with Gasteiger partial charge in [0.15, 0.2) is 0 Å². The molecule has 2 amide bonds. The summed E-state index contributed by atoms with van der Waals surface area (Å²) in [4.78, 5) is 37.4. The molecular weight excluding hydrogens is 336 g/mol. The Labute approximate surface area is 153 Å². The van der Waals surface area contributed by atoms with Crippen LogP contribution in [0.4, 0.5) is 4.79 Å². The molecule has 0 radical (unpaired) electrons. The highest BCUT2D eigenvalue weighted by Crippen LogP contribution is 2.23. The van der Waals surface area contributed by atoms with Crippen LogP contribution in [0.15, 0.2) is 30.3 Å². The largest absolute Gasteiger partial charge is 0.480 e. The van der Waals surface area contributed by atoms with Crippen LogP contribution in [0.1, 0.15) is 39.2 Å². The molecule has 0 unspecified atom stereocenters. The molecule has 2 rings (SSSR count). The minimum Gasteiger partial charge on any atom is -0.480 e. The van der Waals surface area contributed by atoms with E-state index in [0.717, 1.165) is 5.56 Å². The van der Waals surface area contributed by atoms with Gasteiger partial charge in [-0.25, -0.2) is 9.59 Å². The molecule has 1 saturated heterocycles. The standard InChI is InChI=1S/C19H26N2O5/c1-19(2,3)26-18(25)20-12-14-9-10-16(22)21(14)15(17(23)24)11-13-7-5-4-6-8-13/h4-8,14-15H,9-12H2,1-3H3,(H,20,25)(H,23,24)/t14-,15+/m1/s1. The highest BCUT2D eigenvalue weighted by molar-refractivity contribution is 5.85. The second-order valence-corrected chi connectivity index (χ2v) is 7.42. The third kappa shape index (κ3) is 5.47. The predicted molar refractivity (Wildman–Crippen MR) is 95.7 cm³/mol. The fourth-order valence-electron chi connectivity index (χ4n) is 3.05. The first-order chi connectivity index (χ1) is 12.2. The summed E-state index contributed by atoms with van der Waals surface area (Å²) in [6.45, 7) is 5.45. The molecule has 7 heteroatoms. The van der Waals surface area contributed by atoms with E-state index in [4.69, 9.17) is 4.74 Å². The van der Waals surface area contributed by atoms with Crippen LogP contribution in [0.25, 0.3) is 0 Å². The lowest BCUT2D eigenvalue weighted by molar-refractivity contribution is -0.149. The van der Waals surface area contributed by atoms with E-state index in [1.54, 1.807) is 20.8 Å². The number of hydrogen-bond donors (Lipinski definition) is 2. The molecule has 142 valence electrons. The molecule has 2 N–H and O–H groups in total. The van der Waals surface area contributed by atoms with Crippen molar-refractivity contribution in [1.82, 2.24) is 10.2 Å². The van der Waals surface area contributed by atoms with Crippen molar-refractivity contribution in [3.05, 3.63) is 35.9 Å². The summed E-state index contributed by atoms with van der Waals surface area (Å²) in [7, 11) is 0. The van der Waals surface area contributed by atoms with Gasteiger partial charge in [-0.05, 0) is 32.8 Å². The molecular formula is C19H26N2O5. The van der Waals surface area contributed by atoms with Crippen LogP contribution in [0, 0.1) is 0 Å². The van der Waals surface area contributed by atoms with Crippen LogP contribution in [0.3, 0.4) is 0 Å². The minimum absolute atomic E-state index is 0.166. The van der Waals surface area contributed by atoms with E-state index in [0.29, 0.717) is 6.42 Å². The minimum atomic E-state index is -1.05. The molecule has 1 heterocycles. The first kappa shape index (κ1) is 19.8. The second-order valence-electron chi connectivity index (χ2n) is 7.42. The second kappa shape index (κ2) is 8.21. The molecule has 1 aliphatic heterocycles. The number of carboxylic acid groups (broad SMARTS) is 1. The van der Waals surface area contributed by atoms with Crippen LogP contribution in [-0.4, -0.2) is 52.2 Å². The van der Waals surface area contributed by atoms with Gasteiger partial charge in [0.2, 0.25) is 5.91 Å². The number of carbonyl (C=O) groups is 3. The number of benzene rings is 1. The number of carbonyl (C=O) groups excluding carboxylic acids is 2. The third-order valence-electron chi connectivity index (χ3n) is 4.15. The Bertz CT molecular complexity index is 654. The van der Waals surface area contributed by atoms with Crippen molar-refractivity contribution in [3.8, 4) is 0 Å². The molecule has 0 aromatic heterocycles. The number of amides is 2. The average Bonchev–Trinajstić information content (AvgIpc) is 2.90. The van der Waals surface area contributed by atoms with E-state index in [9.17, 15) is 19.5 Å². The molecule has 1 aromatic carbocycles. The Kier molecular flexibility index (Phi) is 6.23. The van der Waals surface area contributed by atoms with Crippen LogP contribution in [0.5, 0.6) is 0 Å². The van der Waals surface area contributed by atoms with Gasteiger partial charge in [-0.2, -0.15) is 0 Å². The average molecular weight is 362 g/mol. The Hall–Kier alpha value is -2.57. The molecule has 1 fully saturated rings. The van der Waals surface area contributed by atoms with Crippen LogP contribution >= 0.6 is 0 Å². The molecule has 0 aliphatic carbocycles. The maximum absolute atomic E-state index is 12.3. The molecule has 0 spiro atoms. The number of likely N-dealkylation sites (tertiary alicyclic amines) is 1. The van der Waals surface area contributed by atoms with Crippen molar-refractivity contribution >= 4 is 18.0 Å². The number of aliphatic carboxylic acids is 1. The maximum atomic E-state index is 12.3. The predicted octanol–water partition coefficient (Wildman–Crippen LogP) is 2.20. The number of carboxylic acids is 1. The SMILES string of the molecule is CC(C)(C)OC(=O)NC[C@H]1CCC(=O)N1[C@@H](Cc1ccccc1)C(=O)O. The van der Waals surface area contributed by atoms with Gasteiger partial charge in [-0.3, -0.25) is 4.79 Å². The summed E-state index contributed by atoms with van der Waals surface area (Å²) in [5.74, 6) is -1.25. The van der Waals surface area contributed by atoms with Crippen molar-refractivity contribution in [2.45, 2.75) is 57.7 Å². The Morgan fingerprint density at radius 1 is 1.31 bits per heavy atom. The van der Waals surface area contributed by atoms with Gasteiger partial charge < -0.3 is 20.1 Å². The third-order valence-corrected chi connectivity index (χ3v) is 4.15. The Balaban J connectivity index is 2.06. The highest BCUT2D eigenvalue weighted by atomic mass is 16.6. The fraction of sp³-hybridized carbons (Fsp3) is 0.526. The molecule has 0 bridgehead atoms. The van der Waals surface area contributed by atoms with Gasteiger partial charge in [-0.15, -0.1) is 0 Å². The van der Waals surface area contributed by atoms with Gasteiger partial charge in [-0.1, -0.05) is 30.3 Å². The number of nitrogens with one attached hydrogen (secondary N) is 1. The van der Waals surface area contributed by atoms with Crippen molar-refractivity contribution < 1.29 is 24.2 Å². The first-order valence-corrected chi connectivity index (χ1v) is 8.72. The molecule has 26 heavy (non-hydrogen) atoms. The summed E-state index contributed by atoms with van der Waals surface area (Å²) >= 11 is 0. The molecule has 1 aromatic rings. The molecule has 0 saturated carbocycles. The van der Waals surface area contributed by atoms with Crippen LogP contribution in [0.2, 0.25) is 0 Å². The Morgan fingerprint density at radius 3 is 2.54 bits per heavy atom. The maximum Gasteiger partial charge on any atom is 0.407 e. The quantitative estimate of drug-likeness (QED) is 0.809. The van der Waals surface area contributed by atoms with Gasteiger partial charge in [0.25, 0.3) is 0 Å². The monoisotopic (exact) mass is 362 g/mol. The number of ether oxygens (including phenoxy) is 1. The van der Waals surface area contributed by atoms with Crippen LogP contribution < -0.4 is 5.32 Å². The van der Waals surface area contributed by atoms with Gasteiger partial charge in [0.1, 0.15) is 11.6 Å². The fourth-order valence-corrected chi connectivity index (χ4v) is 3.05. The van der Waals surface area contributed by atoms with E-state index in [1.165, 1.54) is 4.90 Å². The van der Waals surface area contributed by atoms with Crippen molar-refractivity contribution in [1.29, 1.82) is 0 Å². The van der Waals surface area contributed by atoms with E-state index in [-0.39, 0.29) is 31.3 Å². The van der Waals surface area contributed by atoms with Crippen LogP contribution in [-0.2, 0) is 20.7 Å².